The van der Waals surface area contributed by atoms with Gasteiger partial charge in [-0.2, -0.15) is 0 Å². The maximum atomic E-state index is 11.7. The van der Waals surface area contributed by atoms with Gasteiger partial charge in [-0.05, 0) is 31.0 Å². The molecule has 22 heavy (non-hydrogen) atoms. The number of urea groups is 1. The first-order valence-corrected chi connectivity index (χ1v) is 7.90. The minimum atomic E-state index is -0.189. The number of amides is 2. The molecule has 1 aliphatic heterocycles. The second-order valence-electron chi connectivity index (χ2n) is 4.90. The van der Waals surface area contributed by atoms with E-state index in [9.17, 15) is 4.79 Å². The number of hydrogen-bond donors (Lipinski definition) is 2. The number of carbonyl (C=O) groups excluding carboxylic acids is 1. The number of nitrogens with one attached hydrogen (secondary N) is 2. The Bertz CT molecular complexity index is 672. The molecule has 0 radical (unpaired) electrons. The molecule has 0 aliphatic carbocycles. The summed E-state index contributed by atoms with van der Waals surface area (Å²) in [5.74, 6) is 1.54. The van der Waals surface area contributed by atoms with Gasteiger partial charge in [0.1, 0.15) is 0 Å². The zero-order valence-corrected chi connectivity index (χ0v) is 13.0. The SMILES string of the molecule is Cc1nc(CNC(=O)NCCc2ccc3c(c2)OCO3)cs1. The van der Waals surface area contributed by atoms with Gasteiger partial charge in [-0.1, -0.05) is 6.07 Å². The molecule has 0 unspecified atom stereocenters. The molecule has 1 aliphatic rings. The summed E-state index contributed by atoms with van der Waals surface area (Å²) >= 11 is 1.58. The van der Waals surface area contributed by atoms with Crippen LogP contribution in [0.25, 0.3) is 0 Å². The van der Waals surface area contributed by atoms with Gasteiger partial charge in [-0.3, -0.25) is 0 Å². The summed E-state index contributed by atoms with van der Waals surface area (Å²) in [6, 6.07) is 5.62. The number of rotatable bonds is 5. The average molecular weight is 319 g/mol. The summed E-state index contributed by atoms with van der Waals surface area (Å²) in [4.78, 5) is 16.0. The molecule has 2 heterocycles. The Morgan fingerprint density at radius 3 is 3.00 bits per heavy atom. The molecule has 1 aromatic heterocycles. The molecule has 2 N–H and O–H groups in total. The maximum absolute atomic E-state index is 11.7. The first kappa shape index (κ1) is 14.6. The van der Waals surface area contributed by atoms with Crippen molar-refractivity contribution in [3.63, 3.8) is 0 Å². The lowest BCUT2D eigenvalue weighted by Crippen LogP contribution is -2.36. The van der Waals surface area contributed by atoms with Crippen LogP contribution in [0.5, 0.6) is 11.5 Å². The van der Waals surface area contributed by atoms with Crippen molar-refractivity contribution in [2.75, 3.05) is 13.3 Å². The van der Waals surface area contributed by atoms with E-state index in [2.05, 4.69) is 15.6 Å². The van der Waals surface area contributed by atoms with Crippen molar-refractivity contribution >= 4 is 17.4 Å². The minimum absolute atomic E-state index is 0.189. The third kappa shape index (κ3) is 3.67. The van der Waals surface area contributed by atoms with E-state index in [1.165, 1.54) is 0 Å². The molecule has 116 valence electrons. The Balaban J connectivity index is 1.40. The Labute approximate surface area is 132 Å². The molecule has 0 saturated heterocycles. The van der Waals surface area contributed by atoms with Gasteiger partial charge >= 0.3 is 6.03 Å². The van der Waals surface area contributed by atoms with E-state index in [1.54, 1.807) is 11.3 Å². The third-order valence-corrected chi connectivity index (χ3v) is 4.06. The number of aryl methyl sites for hydroxylation is 1. The minimum Gasteiger partial charge on any atom is -0.454 e. The smallest absolute Gasteiger partial charge is 0.315 e. The zero-order chi connectivity index (χ0) is 15.4. The number of carbonyl (C=O) groups is 1. The number of aromatic nitrogens is 1. The van der Waals surface area contributed by atoms with E-state index in [-0.39, 0.29) is 12.8 Å². The molecule has 0 saturated carbocycles. The predicted molar refractivity (Wildman–Crippen MR) is 83.4 cm³/mol. The summed E-state index contributed by atoms with van der Waals surface area (Å²) in [6.45, 7) is 3.22. The van der Waals surface area contributed by atoms with E-state index in [0.717, 1.165) is 34.2 Å². The highest BCUT2D eigenvalue weighted by atomic mass is 32.1. The molecular formula is C15H17N3O3S. The summed E-state index contributed by atoms with van der Waals surface area (Å²) in [7, 11) is 0. The van der Waals surface area contributed by atoms with Crippen molar-refractivity contribution in [3.05, 3.63) is 39.8 Å². The fourth-order valence-corrected chi connectivity index (χ4v) is 2.75. The average Bonchev–Trinajstić information content (AvgIpc) is 3.13. The highest BCUT2D eigenvalue weighted by Crippen LogP contribution is 2.32. The van der Waals surface area contributed by atoms with Crippen LogP contribution in [-0.2, 0) is 13.0 Å². The molecule has 3 rings (SSSR count). The Hall–Kier alpha value is -2.28. The van der Waals surface area contributed by atoms with Gasteiger partial charge in [0.2, 0.25) is 6.79 Å². The van der Waals surface area contributed by atoms with Gasteiger partial charge in [0.25, 0.3) is 0 Å². The summed E-state index contributed by atoms with van der Waals surface area (Å²) in [5, 5.41) is 8.57. The largest absolute Gasteiger partial charge is 0.454 e. The molecular weight excluding hydrogens is 302 g/mol. The summed E-state index contributed by atoms with van der Waals surface area (Å²) < 4.78 is 10.6. The van der Waals surface area contributed by atoms with Crippen LogP contribution in [0, 0.1) is 6.92 Å². The number of ether oxygens (including phenoxy) is 2. The van der Waals surface area contributed by atoms with Crippen molar-refractivity contribution in [1.82, 2.24) is 15.6 Å². The molecule has 0 spiro atoms. The molecule has 1 aromatic carbocycles. The highest BCUT2D eigenvalue weighted by Gasteiger charge is 2.13. The standard InChI is InChI=1S/C15H17N3O3S/c1-10-18-12(8-22-10)7-17-15(19)16-5-4-11-2-3-13-14(6-11)21-9-20-13/h2-3,6,8H,4-5,7,9H2,1H3,(H2,16,17,19). The fraction of sp³-hybridized carbons (Fsp3) is 0.333. The van der Waals surface area contributed by atoms with Gasteiger partial charge in [-0.25, -0.2) is 9.78 Å². The van der Waals surface area contributed by atoms with Gasteiger partial charge in [-0.15, -0.1) is 11.3 Å². The summed E-state index contributed by atoms with van der Waals surface area (Å²) in [5.41, 5.74) is 1.98. The first-order valence-electron chi connectivity index (χ1n) is 7.02. The lowest BCUT2D eigenvalue weighted by molar-refractivity contribution is 0.174. The number of nitrogens with zero attached hydrogens (tertiary/aromatic N) is 1. The van der Waals surface area contributed by atoms with Crippen LogP contribution in [0.3, 0.4) is 0 Å². The lowest BCUT2D eigenvalue weighted by atomic mass is 10.1. The topological polar surface area (TPSA) is 72.5 Å². The van der Waals surface area contributed by atoms with E-state index < -0.39 is 0 Å². The molecule has 6 nitrogen and oxygen atoms in total. The number of benzene rings is 1. The van der Waals surface area contributed by atoms with E-state index >= 15 is 0 Å². The Morgan fingerprint density at radius 2 is 2.18 bits per heavy atom. The van der Waals surface area contributed by atoms with Gasteiger partial charge in [0.05, 0.1) is 17.2 Å². The van der Waals surface area contributed by atoms with Crippen LogP contribution < -0.4 is 20.1 Å². The van der Waals surface area contributed by atoms with Crippen LogP contribution >= 0.6 is 11.3 Å². The number of hydrogen-bond acceptors (Lipinski definition) is 5. The molecule has 0 atom stereocenters. The van der Waals surface area contributed by atoms with Gasteiger partial charge in [0, 0.05) is 11.9 Å². The third-order valence-electron chi connectivity index (χ3n) is 3.23. The molecule has 7 heteroatoms. The predicted octanol–water partition coefficient (Wildman–Crippen LogP) is 2.22. The maximum Gasteiger partial charge on any atom is 0.315 e. The molecule has 2 aromatic rings. The summed E-state index contributed by atoms with van der Waals surface area (Å²) in [6.07, 6.45) is 0.736. The Morgan fingerprint density at radius 1 is 1.32 bits per heavy atom. The molecule has 0 fully saturated rings. The van der Waals surface area contributed by atoms with Crippen molar-refractivity contribution < 1.29 is 14.3 Å². The second kappa shape index (κ2) is 6.65. The van der Waals surface area contributed by atoms with E-state index in [4.69, 9.17) is 9.47 Å². The quantitative estimate of drug-likeness (QED) is 0.886. The fourth-order valence-electron chi connectivity index (χ4n) is 2.14. The number of fused-ring (bicyclic) bond motifs is 1. The number of thiazole rings is 1. The monoisotopic (exact) mass is 319 g/mol. The Kier molecular flexibility index (Phi) is 4.43. The van der Waals surface area contributed by atoms with Crippen LogP contribution in [0.15, 0.2) is 23.6 Å². The van der Waals surface area contributed by atoms with Crippen LogP contribution in [0.1, 0.15) is 16.3 Å². The van der Waals surface area contributed by atoms with Crippen molar-refractivity contribution in [2.24, 2.45) is 0 Å². The lowest BCUT2D eigenvalue weighted by Gasteiger charge is -2.07. The molecule has 2 amide bonds. The van der Waals surface area contributed by atoms with Crippen molar-refractivity contribution in [3.8, 4) is 11.5 Å². The zero-order valence-electron chi connectivity index (χ0n) is 12.2. The van der Waals surface area contributed by atoms with Crippen molar-refractivity contribution in [2.45, 2.75) is 19.9 Å². The normalized spacial score (nSPS) is 12.2. The first-order chi connectivity index (χ1) is 10.7. The second-order valence-corrected chi connectivity index (χ2v) is 5.97. The highest BCUT2D eigenvalue weighted by molar-refractivity contribution is 7.09. The molecule has 0 bridgehead atoms. The van der Waals surface area contributed by atoms with Crippen LogP contribution in [-0.4, -0.2) is 24.4 Å². The van der Waals surface area contributed by atoms with Crippen LogP contribution in [0.4, 0.5) is 4.79 Å². The van der Waals surface area contributed by atoms with Crippen LogP contribution in [0.2, 0.25) is 0 Å². The van der Waals surface area contributed by atoms with Crippen molar-refractivity contribution in [1.29, 1.82) is 0 Å². The van der Waals surface area contributed by atoms with Gasteiger partial charge < -0.3 is 20.1 Å². The van der Waals surface area contributed by atoms with E-state index in [0.29, 0.717) is 13.1 Å². The van der Waals surface area contributed by atoms with Gasteiger partial charge in [0.15, 0.2) is 11.5 Å². The van der Waals surface area contributed by atoms with E-state index in [1.807, 2.05) is 30.5 Å².